The molecule has 0 spiro atoms. The first-order valence-electron chi connectivity index (χ1n) is 6.13. The molecule has 1 aliphatic heterocycles. The highest BCUT2D eigenvalue weighted by molar-refractivity contribution is 5.31. The number of rotatable bonds is 2. The number of benzene rings is 1. The van der Waals surface area contributed by atoms with Crippen molar-refractivity contribution in [2.45, 2.75) is 33.1 Å². The minimum Gasteiger partial charge on any atom is -0.317 e. The van der Waals surface area contributed by atoms with E-state index in [1.54, 1.807) is 6.07 Å². The SMILES string of the molecule is Cc1cc(CC2CCNCC2)cc(F)c1C. The normalized spacial score (nSPS) is 17.7. The van der Waals surface area contributed by atoms with Gasteiger partial charge in [-0.1, -0.05) is 6.07 Å². The minimum atomic E-state index is -0.0519. The molecule has 1 aliphatic rings. The number of hydrogen-bond donors (Lipinski definition) is 1. The molecule has 1 saturated heterocycles. The van der Waals surface area contributed by atoms with Gasteiger partial charge in [0.2, 0.25) is 0 Å². The van der Waals surface area contributed by atoms with E-state index in [-0.39, 0.29) is 5.82 Å². The molecule has 1 aromatic rings. The Kier molecular flexibility index (Phi) is 3.59. The second-order valence-corrected chi connectivity index (χ2v) is 4.92. The maximum Gasteiger partial charge on any atom is 0.126 e. The molecular formula is C14H20FN. The maximum atomic E-state index is 13.6. The van der Waals surface area contributed by atoms with E-state index in [0.29, 0.717) is 0 Å². The number of nitrogens with one attached hydrogen (secondary N) is 1. The van der Waals surface area contributed by atoms with Crippen molar-refractivity contribution < 1.29 is 4.39 Å². The van der Waals surface area contributed by atoms with Crippen molar-refractivity contribution in [3.05, 3.63) is 34.6 Å². The first kappa shape index (κ1) is 11.6. The van der Waals surface area contributed by atoms with Crippen LogP contribution < -0.4 is 5.32 Å². The van der Waals surface area contributed by atoms with Gasteiger partial charge in [-0.15, -0.1) is 0 Å². The van der Waals surface area contributed by atoms with Crippen molar-refractivity contribution >= 4 is 0 Å². The fraction of sp³-hybridized carbons (Fsp3) is 0.571. The lowest BCUT2D eigenvalue weighted by atomic mass is 9.90. The predicted octanol–water partition coefficient (Wildman–Crippen LogP) is 2.98. The molecule has 2 heteroatoms. The summed E-state index contributed by atoms with van der Waals surface area (Å²) in [6.07, 6.45) is 3.46. The van der Waals surface area contributed by atoms with Crippen molar-refractivity contribution in [2.75, 3.05) is 13.1 Å². The molecule has 1 heterocycles. The second kappa shape index (κ2) is 4.96. The third-order valence-electron chi connectivity index (χ3n) is 3.65. The van der Waals surface area contributed by atoms with Crippen LogP contribution >= 0.6 is 0 Å². The van der Waals surface area contributed by atoms with Crippen LogP contribution in [0.2, 0.25) is 0 Å². The van der Waals surface area contributed by atoms with Crippen LogP contribution in [0, 0.1) is 25.6 Å². The highest BCUT2D eigenvalue weighted by Crippen LogP contribution is 2.21. The van der Waals surface area contributed by atoms with Crippen molar-refractivity contribution in [1.29, 1.82) is 0 Å². The van der Waals surface area contributed by atoms with Crippen molar-refractivity contribution in [3.8, 4) is 0 Å². The van der Waals surface area contributed by atoms with Crippen LogP contribution in [0.3, 0.4) is 0 Å². The summed E-state index contributed by atoms with van der Waals surface area (Å²) in [7, 11) is 0. The lowest BCUT2D eigenvalue weighted by Gasteiger charge is -2.22. The molecule has 0 amide bonds. The molecular weight excluding hydrogens is 201 g/mol. The Hall–Kier alpha value is -0.890. The molecule has 1 nitrogen and oxygen atoms in total. The average molecular weight is 221 g/mol. The monoisotopic (exact) mass is 221 g/mol. The lowest BCUT2D eigenvalue weighted by Crippen LogP contribution is -2.28. The van der Waals surface area contributed by atoms with E-state index in [2.05, 4.69) is 11.4 Å². The Bertz CT molecular complexity index is 344. The van der Waals surface area contributed by atoms with Crippen molar-refractivity contribution in [1.82, 2.24) is 5.32 Å². The minimum absolute atomic E-state index is 0.0519. The van der Waals surface area contributed by atoms with Gasteiger partial charge in [-0.05, 0) is 74.9 Å². The molecule has 1 aromatic carbocycles. The van der Waals surface area contributed by atoms with Gasteiger partial charge in [0, 0.05) is 0 Å². The van der Waals surface area contributed by atoms with Crippen LogP contribution in [0.25, 0.3) is 0 Å². The van der Waals surface area contributed by atoms with Gasteiger partial charge in [-0.2, -0.15) is 0 Å². The molecule has 0 aromatic heterocycles. The topological polar surface area (TPSA) is 12.0 Å². The third kappa shape index (κ3) is 2.62. The van der Waals surface area contributed by atoms with Crippen molar-refractivity contribution in [3.63, 3.8) is 0 Å². The summed E-state index contributed by atoms with van der Waals surface area (Å²) in [6, 6.07) is 3.85. The van der Waals surface area contributed by atoms with Crippen molar-refractivity contribution in [2.24, 2.45) is 5.92 Å². The highest BCUT2D eigenvalue weighted by Gasteiger charge is 2.14. The van der Waals surface area contributed by atoms with Gasteiger partial charge in [0.1, 0.15) is 5.82 Å². The second-order valence-electron chi connectivity index (χ2n) is 4.92. The maximum absolute atomic E-state index is 13.6. The van der Waals surface area contributed by atoms with E-state index >= 15 is 0 Å². The van der Waals surface area contributed by atoms with Gasteiger partial charge < -0.3 is 5.32 Å². The van der Waals surface area contributed by atoms with Crippen LogP contribution in [0.15, 0.2) is 12.1 Å². The van der Waals surface area contributed by atoms with Gasteiger partial charge in [0.25, 0.3) is 0 Å². The van der Waals surface area contributed by atoms with Gasteiger partial charge in [0.05, 0.1) is 0 Å². The molecule has 88 valence electrons. The van der Waals surface area contributed by atoms with Gasteiger partial charge in [-0.25, -0.2) is 4.39 Å². The Morgan fingerprint density at radius 1 is 1.25 bits per heavy atom. The zero-order valence-electron chi connectivity index (χ0n) is 10.1. The fourth-order valence-corrected chi connectivity index (χ4v) is 2.42. The summed E-state index contributed by atoms with van der Waals surface area (Å²) in [6.45, 7) is 6.05. The average Bonchev–Trinajstić information content (AvgIpc) is 2.27. The van der Waals surface area contributed by atoms with Crippen LogP contribution in [0.1, 0.15) is 29.5 Å². The zero-order valence-corrected chi connectivity index (χ0v) is 10.1. The lowest BCUT2D eigenvalue weighted by molar-refractivity contribution is 0.372. The standard InChI is InChI=1S/C14H20FN/c1-10-7-13(9-14(15)11(10)2)8-12-3-5-16-6-4-12/h7,9,12,16H,3-6,8H2,1-2H3. The van der Waals surface area contributed by atoms with Gasteiger partial charge in [-0.3, -0.25) is 0 Å². The van der Waals surface area contributed by atoms with E-state index < -0.39 is 0 Å². The fourth-order valence-electron chi connectivity index (χ4n) is 2.42. The van der Waals surface area contributed by atoms with E-state index in [1.807, 2.05) is 13.8 Å². The summed E-state index contributed by atoms with van der Waals surface area (Å²) in [5.74, 6) is 0.673. The van der Waals surface area contributed by atoms with Crippen LogP contribution in [-0.4, -0.2) is 13.1 Å². The quantitative estimate of drug-likeness (QED) is 0.809. The molecule has 0 saturated carbocycles. The predicted molar refractivity (Wildman–Crippen MR) is 65.2 cm³/mol. The van der Waals surface area contributed by atoms with Crippen LogP contribution in [0.4, 0.5) is 4.39 Å². The van der Waals surface area contributed by atoms with Crippen LogP contribution in [-0.2, 0) is 6.42 Å². The smallest absolute Gasteiger partial charge is 0.126 e. The Balaban J connectivity index is 2.09. The molecule has 0 aliphatic carbocycles. The zero-order chi connectivity index (χ0) is 11.5. The molecule has 0 atom stereocenters. The first-order chi connectivity index (χ1) is 7.66. The van der Waals surface area contributed by atoms with Gasteiger partial charge >= 0.3 is 0 Å². The summed E-state index contributed by atoms with van der Waals surface area (Å²) in [5.41, 5.74) is 3.02. The highest BCUT2D eigenvalue weighted by atomic mass is 19.1. The number of aryl methyl sites for hydroxylation is 1. The summed E-state index contributed by atoms with van der Waals surface area (Å²) < 4.78 is 13.6. The molecule has 0 bridgehead atoms. The molecule has 0 radical (unpaired) electrons. The van der Waals surface area contributed by atoms with Gasteiger partial charge in [0.15, 0.2) is 0 Å². The Morgan fingerprint density at radius 2 is 1.94 bits per heavy atom. The third-order valence-corrected chi connectivity index (χ3v) is 3.65. The summed E-state index contributed by atoms with van der Waals surface area (Å²) in [4.78, 5) is 0. The summed E-state index contributed by atoms with van der Waals surface area (Å²) in [5, 5.41) is 3.36. The van der Waals surface area contributed by atoms with E-state index in [9.17, 15) is 4.39 Å². The molecule has 1 fully saturated rings. The Labute approximate surface area is 97.1 Å². The largest absolute Gasteiger partial charge is 0.317 e. The molecule has 0 unspecified atom stereocenters. The first-order valence-corrected chi connectivity index (χ1v) is 6.13. The Morgan fingerprint density at radius 3 is 2.56 bits per heavy atom. The van der Waals surface area contributed by atoms with E-state index in [0.717, 1.165) is 42.1 Å². The molecule has 1 N–H and O–H groups in total. The number of hydrogen-bond acceptors (Lipinski definition) is 1. The molecule has 2 rings (SSSR count). The number of halogens is 1. The summed E-state index contributed by atoms with van der Waals surface area (Å²) >= 11 is 0. The van der Waals surface area contributed by atoms with E-state index in [4.69, 9.17) is 0 Å². The van der Waals surface area contributed by atoms with E-state index in [1.165, 1.54) is 12.8 Å². The number of piperidine rings is 1. The molecule has 16 heavy (non-hydrogen) atoms. The van der Waals surface area contributed by atoms with Crippen LogP contribution in [0.5, 0.6) is 0 Å².